The summed E-state index contributed by atoms with van der Waals surface area (Å²) in [6, 6.07) is 0. The summed E-state index contributed by atoms with van der Waals surface area (Å²) in [6.45, 7) is 2.49. The second-order valence-electron chi connectivity index (χ2n) is 2.47. The van der Waals surface area contributed by atoms with Gasteiger partial charge in [0.15, 0.2) is 0 Å². The molecule has 0 aliphatic heterocycles. The summed E-state index contributed by atoms with van der Waals surface area (Å²) < 4.78 is 4.87. The van der Waals surface area contributed by atoms with Crippen LogP contribution in [-0.4, -0.2) is 23.8 Å². The average Bonchev–Trinajstić information content (AvgIpc) is 2.05. The highest BCUT2D eigenvalue weighted by atomic mass is 35.5. The Labute approximate surface area is 83.2 Å². The quantitative estimate of drug-likeness (QED) is 0.385. The lowest BCUT2D eigenvalue weighted by Crippen LogP contribution is -2.18. The zero-order chi connectivity index (χ0) is 9.40. The zero-order valence-electron chi connectivity index (χ0n) is 7.19. The third-order valence-electron chi connectivity index (χ3n) is 1.36. The molecule has 4 heteroatoms. The lowest BCUT2D eigenvalue weighted by Gasteiger charge is -2.07. The SMILES string of the molecule is CCCCOC(=O)C(Cl)CCCl. The van der Waals surface area contributed by atoms with Crippen molar-refractivity contribution in [2.24, 2.45) is 0 Å². The molecule has 1 unspecified atom stereocenters. The van der Waals surface area contributed by atoms with Gasteiger partial charge in [-0.05, 0) is 12.8 Å². The molecular formula is C8H14Cl2O2. The van der Waals surface area contributed by atoms with Crippen molar-refractivity contribution >= 4 is 29.2 Å². The molecule has 0 saturated heterocycles. The van der Waals surface area contributed by atoms with Crippen molar-refractivity contribution in [3.63, 3.8) is 0 Å². The Bertz CT molecular complexity index is 128. The van der Waals surface area contributed by atoms with Crippen LogP contribution in [0, 0.1) is 0 Å². The maximum Gasteiger partial charge on any atom is 0.324 e. The van der Waals surface area contributed by atoms with Crippen molar-refractivity contribution in [3.05, 3.63) is 0 Å². The number of alkyl halides is 2. The molecule has 0 aliphatic rings. The van der Waals surface area contributed by atoms with E-state index in [1.54, 1.807) is 0 Å². The highest BCUT2D eigenvalue weighted by Gasteiger charge is 2.15. The minimum Gasteiger partial charge on any atom is -0.465 e. The Balaban J connectivity index is 3.43. The predicted molar refractivity (Wildman–Crippen MR) is 50.8 cm³/mol. The fraction of sp³-hybridized carbons (Fsp3) is 0.875. The molecule has 0 aromatic heterocycles. The number of ether oxygens (including phenoxy) is 1. The molecule has 0 aromatic carbocycles. The van der Waals surface area contributed by atoms with E-state index in [1.165, 1.54) is 0 Å². The first kappa shape index (κ1) is 12.0. The van der Waals surface area contributed by atoms with Gasteiger partial charge >= 0.3 is 5.97 Å². The molecule has 0 rings (SSSR count). The Morgan fingerprint density at radius 3 is 2.75 bits per heavy atom. The molecule has 0 saturated carbocycles. The van der Waals surface area contributed by atoms with E-state index in [4.69, 9.17) is 27.9 Å². The van der Waals surface area contributed by atoms with Crippen molar-refractivity contribution in [1.29, 1.82) is 0 Å². The van der Waals surface area contributed by atoms with Gasteiger partial charge in [0, 0.05) is 5.88 Å². The van der Waals surface area contributed by atoms with Gasteiger partial charge in [0.05, 0.1) is 6.61 Å². The molecule has 0 aromatic rings. The number of carbonyl (C=O) groups excluding carboxylic acids is 1. The van der Waals surface area contributed by atoms with E-state index in [1.807, 2.05) is 6.92 Å². The van der Waals surface area contributed by atoms with Gasteiger partial charge in [-0.3, -0.25) is 4.79 Å². The van der Waals surface area contributed by atoms with Crippen LogP contribution < -0.4 is 0 Å². The maximum atomic E-state index is 11.0. The summed E-state index contributed by atoms with van der Waals surface area (Å²) in [5.41, 5.74) is 0. The van der Waals surface area contributed by atoms with Crippen LogP contribution in [0.1, 0.15) is 26.2 Å². The summed E-state index contributed by atoms with van der Waals surface area (Å²) in [5.74, 6) is 0.0302. The highest BCUT2D eigenvalue weighted by Crippen LogP contribution is 2.06. The fourth-order valence-electron chi connectivity index (χ4n) is 0.621. The number of carbonyl (C=O) groups is 1. The molecule has 0 spiro atoms. The first-order chi connectivity index (χ1) is 5.72. The summed E-state index contributed by atoms with van der Waals surface area (Å²) in [5, 5.41) is -0.584. The van der Waals surface area contributed by atoms with Crippen molar-refractivity contribution in [3.8, 4) is 0 Å². The largest absolute Gasteiger partial charge is 0.465 e. The van der Waals surface area contributed by atoms with E-state index in [0.717, 1.165) is 12.8 Å². The lowest BCUT2D eigenvalue weighted by molar-refractivity contribution is -0.143. The summed E-state index contributed by atoms with van der Waals surface area (Å²) >= 11 is 11.1. The minimum absolute atomic E-state index is 0.356. The van der Waals surface area contributed by atoms with Crippen molar-refractivity contribution in [1.82, 2.24) is 0 Å². The molecule has 0 aliphatic carbocycles. The lowest BCUT2D eigenvalue weighted by atomic mass is 10.3. The molecule has 0 heterocycles. The van der Waals surface area contributed by atoms with Gasteiger partial charge in [-0.2, -0.15) is 0 Å². The molecule has 0 fully saturated rings. The van der Waals surface area contributed by atoms with Crippen LogP contribution in [0.5, 0.6) is 0 Å². The number of halogens is 2. The van der Waals surface area contributed by atoms with Crippen molar-refractivity contribution in [2.45, 2.75) is 31.6 Å². The smallest absolute Gasteiger partial charge is 0.324 e. The van der Waals surface area contributed by atoms with E-state index in [9.17, 15) is 4.79 Å². The molecule has 0 amide bonds. The van der Waals surface area contributed by atoms with E-state index in [-0.39, 0.29) is 5.97 Å². The predicted octanol–water partition coefficient (Wildman–Crippen LogP) is 2.57. The van der Waals surface area contributed by atoms with Gasteiger partial charge < -0.3 is 4.74 Å². The van der Waals surface area contributed by atoms with Crippen LogP contribution in [0.3, 0.4) is 0 Å². The first-order valence-electron chi connectivity index (χ1n) is 4.09. The monoisotopic (exact) mass is 212 g/mol. The van der Waals surface area contributed by atoms with Gasteiger partial charge in [0.25, 0.3) is 0 Å². The number of rotatable bonds is 6. The van der Waals surface area contributed by atoms with Crippen LogP contribution in [0.4, 0.5) is 0 Å². The summed E-state index contributed by atoms with van der Waals surface area (Å²) in [6.07, 6.45) is 2.36. The number of unbranched alkanes of at least 4 members (excludes halogenated alkanes) is 1. The van der Waals surface area contributed by atoms with Crippen LogP contribution in [0.25, 0.3) is 0 Å². The zero-order valence-corrected chi connectivity index (χ0v) is 8.70. The Morgan fingerprint density at radius 2 is 2.25 bits per heavy atom. The van der Waals surface area contributed by atoms with Crippen LogP contribution >= 0.6 is 23.2 Å². The van der Waals surface area contributed by atoms with Crippen LogP contribution in [-0.2, 0) is 9.53 Å². The molecule has 72 valence electrons. The van der Waals surface area contributed by atoms with E-state index in [0.29, 0.717) is 18.9 Å². The van der Waals surface area contributed by atoms with E-state index in [2.05, 4.69) is 0 Å². The molecule has 2 nitrogen and oxygen atoms in total. The number of hydrogen-bond donors (Lipinski definition) is 0. The maximum absolute atomic E-state index is 11.0. The highest BCUT2D eigenvalue weighted by molar-refractivity contribution is 6.30. The molecule has 0 bridgehead atoms. The minimum atomic E-state index is -0.584. The van der Waals surface area contributed by atoms with Crippen molar-refractivity contribution < 1.29 is 9.53 Å². The Hall–Kier alpha value is 0.0500. The molecule has 0 radical (unpaired) electrons. The standard InChI is InChI=1S/C8H14Cl2O2/c1-2-3-6-12-8(11)7(10)4-5-9/h7H,2-6H2,1H3. The normalized spacial score (nSPS) is 12.6. The molecule has 12 heavy (non-hydrogen) atoms. The number of hydrogen-bond acceptors (Lipinski definition) is 2. The Morgan fingerprint density at radius 1 is 1.58 bits per heavy atom. The third kappa shape index (κ3) is 5.67. The third-order valence-corrected chi connectivity index (χ3v) is 1.98. The van der Waals surface area contributed by atoms with Gasteiger partial charge in [-0.15, -0.1) is 23.2 Å². The van der Waals surface area contributed by atoms with Gasteiger partial charge in [-0.25, -0.2) is 0 Å². The summed E-state index contributed by atoms with van der Waals surface area (Å²) in [7, 11) is 0. The fourth-order valence-corrected chi connectivity index (χ4v) is 1.12. The first-order valence-corrected chi connectivity index (χ1v) is 5.06. The van der Waals surface area contributed by atoms with E-state index >= 15 is 0 Å². The Kier molecular flexibility index (Phi) is 7.72. The van der Waals surface area contributed by atoms with Crippen LogP contribution in [0.15, 0.2) is 0 Å². The molecular weight excluding hydrogens is 199 g/mol. The second kappa shape index (κ2) is 7.69. The topological polar surface area (TPSA) is 26.3 Å². The van der Waals surface area contributed by atoms with Gasteiger partial charge in [0.2, 0.25) is 0 Å². The molecule has 1 atom stereocenters. The number of esters is 1. The van der Waals surface area contributed by atoms with Gasteiger partial charge in [-0.1, -0.05) is 13.3 Å². The van der Waals surface area contributed by atoms with Crippen molar-refractivity contribution in [2.75, 3.05) is 12.5 Å². The second-order valence-corrected chi connectivity index (χ2v) is 3.37. The summed E-state index contributed by atoms with van der Waals surface area (Å²) in [4.78, 5) is 11.0. The average molecular weight is 213 g/mol. The molecule has 0 N–H and O–H groups in total. The van der Waals surface area contributed by atoms with E-state index < -0.39 is 5.38 Å². The van der Waals surface area contributed by atoms with Gasteiger partial charge in [0.1, 0.15) is 5.38 Å². The van der Waals surface area contributed by atoms with Crippen LogP contribution in [0.2, 0.25) is 0 Å².